The summed E-state index contributed by atoms with van der Waals surface area (Å²) in [5.74, 6) is 2.20. The van der Waals surface area contributed by atoms with Crippen LogP contribution in [0.1, 0.15) is 51.7 Å². The van der Waals surface area contributed by atoms with Gasteiger partial charge in [-0.15, -0.1) is 0 Å². The second-order valence-electron chi connectivity index (χ2n) is 8.56. The molecule has 0 aliphatic rings. The largest absolute Gasteiger partial charge is 0.497 e. The Bertz CT molecular complexity index is 1200. The minimum absolute atomic E-state index is 0.0216. The fourth-order valence-corrected chi connectivity index (χ4v) is 4.40. The summed E-state index contributed by atoms with van der Waals surface area (Å²) in [7, 11) is 3.29. The molecule has 0 radical (unpaired) electrons. The van der Waals surface area contributed by atoms with E-state index in [9.17, 15) is 4.79 Å². The van der Waals surface area contributed by atoms with E-state index in [1.165, 1.54) is 0 Å². The molecule has 3 rings (SSSR count). The summed E-state index contributed by atoms with van der Waals surface area (Å²) in [6, 6.07) is 7.74. The van der Waals surface area contributed by atoms with E-state index >= 15 is 0 Å². The van der Waals surface area contributed by atoms with Gasteiger partial charge in [0.1, 0.15) is 22.8 Å². The average molecular weight is 480 g/mol. The number of carbonyl (C=O) groups is 1. The first-order valence-corrected chi connectivity index (χ1v) is 12.3. The zero-order chi connectivity index (χ0) is 25.5. The fourth-order valence-electron chi connectivity index (χ4n) is 4.40. The van der Waals surface area contributed by atoms with E-state index in [0.717, 1.165) is 82.0 Å². The van der Waals surface area contributed by atoms with Crippen molar-refractivity contribution in [3.8, 4) is 28.4 Å². The molecule has 0 saturated carbocycles. The van der Waals surface area contributed by atoms with E-state index in [2.05, 4.69) is 13.8 Å². The van der Waals surface area contributed by atoms with Crippen molar-refractivity contribution in [3.63, 3.8) is 0 Å². The number of ether oxygens (including phenoxy) is 3. The first kappa shape index (κ1) is 26.2. The summed E-state index contributed by atoms with van der Waals surface area (Å²) < 4.78 is 23.2. The molecular weight excluding hydrogens is 442 g/mol. The number of allylic oxidation sites excluding steroid dienone is 1. The molecule has 0 unspecified atom stereocenters. The zero-order valence-corrected chi connectivity index (χ0v) is 22.0. The third-order valence-corrected chi connectivity index (χ3v) is 6.09. The van der Waals surface area contributed by atoms with Crippen LogP contribution in [0.25, 0.3) is 27.7 Å². The lowest BCUT2D eigenvalue weighted by molar-refractivity contribution is -0.126. The SMILES string of the molecule is CCCN(CCC)C(=O)/C=C(\C)c1cc2c(-c3cc(OC)ccc3OC)coc2c(C)c1OCC. The zero-order valence-electron chi connectivity index (χ0n) is 22.0. The predicted octanol–water partition coefficient (Wildman–Crippen LogP) is 6.88. The predicted molar refractivity (Wildman–Crippen MR) is 141 cm³/mol. The highest BCUT2D eigenvalue weighted by Crippen LogP contribution is 2.43. The lowest BCUT2D eigenvalue weighted by atomic mass is 9.96. The molecule has 0 atom stereocenters. The van der Waals surface area contributed by atoms with Gasteiger partial charge in [-0.05, 0) is 63.5 Å². The van der Waals surface area contributed by atoms with Gasteiger partial charge < -0.3 is 23.5 Å². The van der Waals surface area contributed by atoms with Crippen LogP contribution >= 0.6 is 0 Å². The van der Waals surface area contributed by atoms with E-state index in [-0.39, 0.29) is 5.91 Å². The van der Waals surface area contributed by atoms with Crippen molar-refractivity contribution < 1.29 is 23.4 Å². The third-order valence-electron chi connectivity index (χ3n) is 6.09. The molecule has 1 amide bonds. The first-order chi connectivity index (χ1) is 16.9. The highest BCUT2D eigenvalue weighted by molar-refractivity contribution is 6.02. The number of rotatable bonds is 11. The van der Waals surface area contributed by atoms with Gasteiger partial charge in [-0.25, -0.2) is 0 Å². The van der Waals surface area contributed by atoms with Gasteiger partial charge in [0.15, 0.2) is 0 Å². The van der Waals surface area contributed by atoms with Gasteiger partial charge in [0.05, 0.1) is 27.1 Å². The van der Waals surface area contributed by atoms with Crippen LogP contribution in [0.5, 0.6) is 17.2 Å². The Morgan fingerprint density at radius 1 is 1.03 bits per heavy atom. The number of amides is 1. The number of methoxy groups -OCH3 is 2. The van der Waals surface area contributed by atoms with Gasteiger partial charge in [0.25, 0.3) is 0 Å². The maximum atomic E-state index is 13.1. The normalized spacial score (nSPS) is 11.6. The summed E-state index contributed by atoms with van der Waals surface area (Å²) in [6.45, 7) is 12.1. The van der Waals surface area contributed by atoms with E-state index < -0.39 is 0 Å². The molecule has 35 heavy (non-hydrogen) atoms. The number of carbonyl (C=O) groups excluding carboxylic acids is 1. The topological polar surface area (TPSA) is 61.1 Å². The fraction of sp³-hybridized carbons (Fsp3) is 0.414. The van der Waals surface area contributed by atoms with Gasteiger partial charge in [-0.1, -0.05) is 13.8 Å². The van der Waals surface area contributed by atoms with Crippen LogP contribution in [0.15, 0.2) is 41.0 Å². The van der Waals surface area contributed by atoms with E-state index in [0.29, 0.717) is 6.61 Å². The second kappa shape index (κ2) is 11.8. The van der Waals surface area contributed by atoms with Gasteiger partial charge in [-0.2, -0.15) is 0 Å². The minimum atomic E-state index is 0.0216. The Hall–Kier alpha value is -3.41. The average Bonchev–Trinajstić information content (AvgIpc) is 3.29. The molecule has 0 aliphatic heterocycles. The maximum absolute atomic E-state index is 13.1. The van der Waals surface area contributed by atoms with Crippen molar-refractivity contribution in [2.24, 2.45) is 0 Å². The van der Waals surface area contributed by atoms with Crippen molar-refractivity contribution in [1.82, 2.24) is 4.90 Å². The molecule has 6 heteroatoms. The van der Waals surface area contributed by atoms with Crippen LogP contribution in [0, 0.1) is 6.92 Å². The molecule has 0 N–H and O–H groups in total. The van der Waals surface area contributed by atoms with Crippen molar-refractivity contribution in [1.29, 1.82) is 0 Å². The monoisotopic (exact) mass is 479 g/mol. The van der Waals surface area contributed by atoms with Gasteiger partial charge in [0.2, 0.25) is 5.91 Å². The highest BCUT2D eigenvalue weighted by Gasteiger charge is 2.21. The lowest BCUT2D eigenvalue weighted by Crippen LogP contribution is -2.31. The first-order valence-electron chi connectivity index (χ1n) is 12.3. The summed E-state index contributed by atoms with van der Waals surface area (Å²) in [4.78, 5) is 15.0. The molecule has 188 valence electrons. The van der Waals surface area contributed by atoms with Crippen LogP contribution in [0.2, 0.25) is 0 Å². The number of furan rings is 1. The number of fused-ring (bicyclic) bond motifs is 1. The minimum Gasteiger partial charge on any atom is -0.497 e. The van der Waals surface area contributed by atoms with E-state index in [1.807, 2.05) is 49.9 Å². The van der Waals surface area contributed by atoms with Crippen molar-refractivity contribution in [2.45, 2.75) is 47.5 Å². The van der Waals surface area contributed by atoms with Crippen molar-refractivity contribution in [3.05, 3.63) is 47.7 Å². The Labute approximate surface area is 208 Å². The van der Waals surface area contributed by atoms with Crippen LogP contribution in [-0.2, 0) is 4.79 Å². The second-order valence-corrected chi connectivity index (χ2v) is 8.56. The number of nitrogens with zero attached hydrogens (tertiary/aromatic N) is 1. The number of hydrogen-bond donors (Lipinski definition) is 0. The molecule has 0 saturated heterocycles. The Morgan fingerprint density at radius 3 is 2.34 bits per heavy atom. The quantitative estimate of drug-likeness (QED) is 0.281. The molecule has 0 bridgehead atoms. The molecular formula is C29H37NO5. The summed E-state index contributed by atoms with van der Waals surface area (Å²) >= 11 is 0. The third kappa shape index (κ3) is 5.47. The molecule has 2 aromatic carbocycles. The van der Waals surface area contributed by atoms with Gasteiger partial charge >= 0.3 is 0 Å². The number of aryl methyl sites for hydroxylation is 1. The summed E-state index contributed by atoms with van der Waals surface area (Å²) in [5, 5.41) is 0.923. The molecule has 6 nitrogen and oxygen atoms in total. The number of hydrogen-bond acceptors (Lipinski definition) is 5. The van der Waals surface area contributed by atoms with Gasteiger partial charge in [-0.3, -0.25) is 4.79 Å². The lowest BCUT2D eigenvalue weighted by Gasteiger charge is -2.20. The number of benzene rings is 2. The molecule has 3 aromatic rings. The van der Waals surface area contributed by atoms with E-state index in [1.54, 1.807) is 26.6 Å². The highest BCUT2D eigenvalue weighted by atomic mass is 16.5. The van der Waals surface area contributed by atoms with E-state index in [4.69, 9.17) is 18.6 Å². The van der Waals surface area contributed by atoms with Crippen LogP contribution in [0.3, 0.4) is 0 Å². The Kier molecular flexibility index (Phi) is 8.85. The summed E-state index contributed by atoms with van der Waals surface area (Å²) in [5.41, 5.74) is 5.13. The summed E-state index contributed by atoms with van der Waals surface area (Å²) in [6.07, 6.45) is 5.31. The standard InChI is InChI=1S/C29H37NO5/c1-8-13-30(14-9-2)27(31)15-19(4)22-17-24-25(18-35-29(24)20(5)28(22)34-10-3)23-16-21(32-6)11-12-26(23)33-7/h11-12,15-18H,8-10,13-14H2,1-7H3/b19-15+. The van der Waals surface area contributed by atoms with Gasteiger partial charge in [0, 0.05) is 46.8 Å². The molecule has 0 fully saturated rings. The van der Waals surface area contributed by atoms with Crippen molar-refractivity contribution >= 4 is 22.4 Å². The molecule has 1 aromatic heterocycles. The maximum Gasteiger partial charge on any atom is 0.246 e. The van der Waals surface area contributed by atoms with Crippen molar-refractivity contribution in [2.75, 3.05) is 33.9 Å². The Balaban J connectivity index is 2.20. The smallest absolute Gasteiger partial charge is 0.246 e. The Morgan fingerprint density at radius 2 is 1.74 bits per heavy atom. The molecule has 0 aliphatic carbocycles. The van der Waals surface area contributed by atoms with Crippen LogP contribution in [0.4, 0.5) is 0 Å². The van der Waals surface area contributed by atoms with Crippen LogP contribution < -0.4 is 14.2 Å². The van der Waals surface area contributed by atoms with Crippen LogP contribution in [-0.4, -0.2) is 44.7 Å². The molecule has 1 heterocycles. The molecule has 0 spiro atoms.